The van der Waals surface area contributed by atoms with Crippen molar-refractivity contribution in [3.63, 3.8) is 0 Å². The lowest BCUT2D eigenvalue weighted by Gasteiger charge is -2.45. The number of anilines is 1. The standard InChI is InChI=1S/C13H16N3O9P/c1-6-11(15-13(21)22)12(20)16(6)26(23,24)25-5-10(19)14-7-2-3-8(17)9(18)4-7/h2-4,6,11,15,17-18H,5H2,1H3,(H,14,19)(H,21,22)(H,23,24)/t6-,11-/m0/s1. The zero-order chi connectivity index (χ0) is 19.6. The van der Waals surface area contributed by atoms with E-state index in [9.17, 15) is 34.1 Å². The Morgan fingerprint density at radius 2 is 1.96 bits per heavy atom. The van der Waals surface area contributed by atoms with E-state index in [4.69, 9.17) is 5.11 Å². The molecule has 0 spiro atoms. The summed E-state index contributed by atoms with van der Waals surface area (Å²) in [5.74, 6) is -2.68. The van der Waals surface area contributed by atoms with Crippen LogP contribution in [0, 0.1) is 0 Å². The molecule has 0 aliphatic carbocycles. The number of phenols is 2. The molecular weight excluding hydrogens is 373 g/mol. The Hall–Kier alpha value is -2.82. The average Bonchev–Trinajstić information content (AvgIpc) is 2.54. The van der Waals surface area contributed by atoms with Gasteiger partial charge in [-0.1, -0.05) is 0 Å². The minimum atomic E-state index is -4.67. The van der Waals surface area contributed by atoms with Crippen LogP contribution in [-0.2, 0) is 18.7 Å². The van der Waals surface area contributed by atoms with E-state index in [1.165, 1.54) is 13.0 Å². The second kappa shape index (κ2) is 7.20. The Labute approximate surface area is 146 Å². The summed E-state index contributed by atoms with van der Waals surface area (Å²) in [7, 11) is -4.67. The molecule has 0 radical (unpaired) electrons. The van der Waals surface area contributed by atoms with Crippen molar-refractivity contribution >= 4 is 31.3 Å². The van der Waals surface area contributed by atoms with E-state index in [1.807, 2.05) is 5.32 Å². The molecule has 1 aliphatic heterocycles. The van der Waals surface area contributed by atoms with Crippen LogP contribution in [-0.4, -0.2) is 61.5 Å². The fourth-order valence-electron chi connectivity index (χ4n) is 2.28. The lowest BCUT2D eigenvalue weighted by molar-refractivity contribution is -0.143. The topological polar surface area (TPSA) is 186 Å². The fraction of sp³-hybridized carbons (Fsp3) is 0.308. The smallest absolute Gasteiger partial charge is 0.435 e. The highest BCUT2D eigenvalue weighted by Crippen LogP contribution is 2.52. The van der Waals surface area contributed by atoms with E-state index in [-0.39, 0.29) is 5.69 Å². The molecule has 13 heteroatoms. The van der Waals surface area contributed by atoms with E-state index >= 15 is 0 Å². The lowest BCUT2D eigenvalue weighted by atomic mass is 10.0. The fourth-order valence-corrected chi connectivity index (χ4v) is 3.66. The molecule has 6 N–H and O–H groups in total. The van der Waals surface area contributed by atoms with Gasteiger partial charge >= 0.3 is 13.8 Å². The number of amides is 3. The number of benzene rings is 1. The van der Waals surface area contributed by atoms with Crippen molar-refractivity contribution in [2.45, 2.75) is 19.0 Å². The second-order valence-corrected chi connectivity index (χ2v) is 7.04. The van der Waals surface area contributed by atoms with Gasteiger partial charge in [-0.15, -0.1) is 0 Å². The Morgan fingerprint density at radius 1 is 1.31 bits per heavy atom. The molecule has 1 aromatic carbocycles. The predicted octanol–water partition coefficient (Wildman–Crippen LogP) is 0.0202. The van der Waals surface area contributed by atoms with Crippen molar-refractivity contribution in [3.05, 3.63) is 18.2 Å². The van der Waals surface area contributed by atoms with E-state index in [0.717, 1.165) is 12.1 Å². The summed E-state index contributed by atoms with van der Waals surface area (Å²) in [5.41, 5.74) is 0.0980. The third-order valence-corrected chi connectivity index (χ3v) is 5.11. The number of carbonyl (C=O) groups is 3. The molecule has 1 fully saturated rings. The molecule has 0 aromatic heterocycles. The van der Waals surface area contributed by atoms with E-state index in [2.05, 4.69) is 9.84 Å². The number of phenolic OH excluding ortho intramolecular Hbond substituents is 2. The zero-order valence-electron chi connectivity index (χ0n) is 13.3. The molecule has 3 amide bonds. The van der Waals surface area contributed by atoms with Gasteiger partial charge in [-0.05, 0) is 19.1 Å². The van der Waals surface area contributed by atoms with Crippen LogP contribution in [0.4, 0.5) is 10.5 Å². The Balaban J connectivity index is 1.92. The monoisotopic (exact) mass is 389 g/mol. The van der Waals surface area contributed by atoms with Crippen molar-refractivity contribution in [1.29, 1.82) is 0 Å². The van der Waals surface area contributed by atoms with Crippen LogP contribution in [0.15, 0.2) is 18.2 Å². The molecule has 1 unspecified atom stereocenters. The SMILES string of the molecule is C[C@H]1[C@H](NC(=O)O)C(=O)N1P(=O)(O)OCC(=O)Nc1ccc(O)c(O)c1. The van der Waals surface area contributed by atoms with Gasteiger partial charge in [0.1, 0.15) is 12.6 Å². The highest BCUT2D eigenvalue weighted by molar-refractivity contribution is 7.51. The first kappa shape index (κ1) is 19.5. The van der Waals surface area contributed by atoms with Gasteiger partial charge < -0.3 is 30.8 Å². The Kier molecular flexibility index (Phi) is 5.40. The van der Waals surface area contributed by atoms with Gasteiger partial charge in [-0.3, -0.25) is 14.1 Å². The number of carboxylic acid groups (broad SMARTS) is 1. The summed E-state index contributed by atoms with van der Waals surface area (Å²) in [4.78, 5) is 43.9. The number of aromatic hydroxyl groups is 2. The summed E-state index contributed by atoms with van der Waals surface area (Å²) in [6.07, 6.45) is -1.46. The largest absolute Gasteiger partial charge is 0.504 e. The molecule has 1 aliphatic rings. The number of carbonyl (C=O) groups excluding carboxylic acids is 2. The number of nitrogens with zero attached hydrogens (tertiary/aromatic N) is 1. The van der Waals surface area contributed by atoms with E-state index in [0.29, 0.717) is 4.67 Å². The van der Waals surface area contributed by atoms with Crippen molar-refractivity contribution in [3.8, 4) is 11.5 Å². The molecule has 1 saturated heterocycles. The summed E-state index contributed by atoms with van der Waals surface area (Å²) < 4.78 is 17.2. The molecule has 142 valence electrons. The third kappa shape index (κ3) is 4.04. The molecule has 3 atom stereocenters. The average molecular weight is 389 g/mol. The maximum absolute atomic E-state index is 12.1. The summed E-state index contributed by atoms with van der Waals surface area (Å²) in [6, 6.07) is 1.33. The molecule has 12 nitrogen and oxygen atoms in total. The number of rotatable bonds is 6. The molecule has 26 heavy (non-hydrogen) atoms. The molecule has 0 saturated carbocycles. The number of hydrogen-bond acceptors (Lipinski definition) is 7. The molecular formula is C13H16N3O9P. The third-order valence-electron chi connectivity index (χ3n) is 3.53. The van der Waals surface area contributed by atoms with Gasteiger partial charge in [0.25, 0.3) is 11.8 Å². The van der Waals surface area contributed by atoms with Crippen molar-refractivity contribution < 1.29 is 43.7 Å². The van der Waals surface area contributed by atoms with Crippen molar-refractivity contribution in [2.75, 3.05) is 11.9 Å². The zero-order valence-corrected chi connectivity index (χ0v) is 14.2. The van der Waals surface area contributed by atoms with Gasteiger partial charge in [0, 0.05) is 11.8 Å². The Bertz CT molecular complexity index is 799. The Morgan fingerprint density at radius 3 is 2.50 bits per heavy atom. The van der Waals surface area contributed by atoms with Gasteiger partial charge in [-0.2, -0.15) is 0 Å². The first-order chi connectivity index (χ1) is 12.0. The minimum absolute atomic E-state index is 0.0980. The van der Waals surface area contributed by atoms with Crippen molar-refractivity contribution in [1.82, 2.24) is 9.99 Å². The number of β-lactam (4-membered cyclic amide) rings is 1. The first-order valence-electron chi connectivity index (χ1n) is 7.15. The minimum Gasteiger partial charge on any atom is -0.504 e. The first-order valence-corrected chi connectivity index (χ1v) is 8.68. The van der Waals surface area contributed by atoms with E-state index in [1.54, 1.807) is 0 Å². The normalized spacial score (nSPS) is 21.5. The number of nitrogens with one attached hydrogen (secondary N) is 2. The quantitative estimate of drug-likeness (QED) is 0.169. The summed E-state index contributed by atoms with van der Waals surface area (Å²) in [6.45, 7) is 0.455. The molecule has 2 rings (SSSR count). The van der Waals surface area contributed by atoms with Gasteiger partial charge in [0.15, 0.2) is 11.5 Å². The maximum Gasteiger partial charge on any atom is 0.435 e. The predicted molar refractivity (Wildman–Crippen MR) is 85.4 cm³/mol. The summed E-state index contributed by atoms with van der Waals surface area (Å²) >= 11 is 0. The van der Waals surface area contributed by atoms with Crippen LogP contribution in [0.25, 0.3) is 0 Å². The van der Waals surface area contributed by atoms with Crippen molar-refractivity contribution in [2.24, 2.45) is 0 Å². The van der Waals surface area contributed by atoms with Crippen LogP contribution >= 0.6 is 7.75 Å². The highest BCUT2D eigenvalue weighted by atomic mass is 31.2. The van der Waals surface area contributed by atoms with Gasteiger partial charge in [-0.25, -0.2) is 14.0 Å². The molecule has 1 aromatic rings. The van der Waals surface area contributed by atoms with Crippen LogP contribution < -0.4 is 10.6 Å². The maximum atomic E-state index is 12.1. The van der Waals surface area contributed by atoms with Crippen LogP contribution in [0.3, 0.4) is 0 Å². The second-order valence-electron chi connectivity index (χ2n) is 5.37. The van der Waals surface area contributed by atoms with Gasteiger partial charge in [0.2, 0.25) is 0 Å². The van der Waals surface area contributed by atoms with Crippen LogP contribution in [0.5, 0.6) is 11.5 Å². The summed E-state index contributed by atoms with van der Waals surface area (Å²) in [5, 5.41) is 31.2. The lowest BCUT2D eigenvalue weighted by Crippen LogP contribution is -2.68. The number of hydrogen-bond donors (Lipinski definition) is 6. The van der Waals surface area contributed by atoms with Crippen LogP contribution in [0.2, 0.25) is 0 Å². The molecule has 0 bridgehead atoms. The van der Waals surface area contributed by atoms with E-state index < -0.39 is 55.8 Å². The highest BCUT2D eigenvalue weighted by Gasteiger charge is 2.54. The van der Waals surface area contributed by atoms with Crippen LogP contribution in [0.1, 0.15) is 6.92 Å². The van der Waals surface area contributed by atoms with Gasteiger partial charge in [0.05, 0.1) is 6.04 Å². The molecule has 1 heterocycles.